The minimum Gasteiger partial charge on any atom is -0.478 e. The molecule has 0 saturated heterocycles. The smallest absolute Gasteiger partial charge is 0.336 e. The average Bonchev–Trinajstić information content (AvgIpc) is 2.18. The predicted molar refractivity (Wildman–Crippen MR) is 77.1 cm³/mol. The van der Waals surface area contributed by atoms with Crippen LogP contribution >= 0.6 is 24.0 Å². The summed E-state index contributed by atoms with van der Waals surface area (Å²) in [5, 5.41) is 9.72. The van der Waals surface area contributed by atoms with Crippen LogP contribution in [0.5, 0.6) is 0 Å². The molecule has 18 heavy (non-hydrogen) atoms. The molecule has 1 aromatic carbocycles. The SMILES string of the molecule is CC(C)(C)c1c(C(=O)O)ccc(CCN)c1Cl.Cl. The van der Waals surface area contributed by atoms with Crippen molar-refractivity contribution in [3.8, 4) is 0 Å². The standard InChI is InChI=1S/C13H18ClNO2.ClH/c1-13(2,3)10-9(12(16)17)5-4-8(6-7-15)11(10)14;/h4-5H,6-7,15H2,1-3H3,(H,16,17);1H. The monoisotopic (exact) mass is 291 g/mol. The van der Waals surface area contributed by atoms with E-state index < -0.39 is 5.97 Å². The van der Waals surface area contributed by atoms with Crippen molar-refractivity contribution >= 4 is 30.0 Å². The molecule has 0 bridgehead atoms. The van der Waals surface area contributed by atoms with Crippen molar-refractivity contribution in [2.24, 2.45) is 5.73 Å². The van der Waals surface area contributed by atoms with Crippen molar-refractivity contribution < 1.29 is 9.90 Å². The van der Waals surface area contributed by atoms with E-state index in [1.54, 1.807) is 12.1 Å². The highest BCUT2D eigenvalue weighted by molar-refractivity contribution is 6.32. The maximum absolute atomic E-state index is 11.2. The van der Waals surface area contributed by atoms with Crippen LogP contribution in [0.3, 0.4) is 0 Å². The number of halogens is 2. The maximum Gasteiger partial charge on any atom is 0.336 e. The van der Waals surface area contributed by atoms with Crippen molar-refractivity contribution in [1.29, 1.82) is 0 Å². The zero-order chi connectivity index (χ0) is 13.2. The molecule has 0 saturated carbocycles. The third-order valence-electron chi connectivity index (χ3n) is 2.62. The number of hydrogen-bond acceptors (Lipinski definition) is 2. The van der Waals surface area contributed by atoms with Crippen LogP contribution in [0.1, 0.15) is 42.3 Å². The van der Waals surface area contributed by atoms with Crippen LogP contribution in [0, 0.1) is 0 Å². The lowest BCUT2D eigenvalue weighted by Gasteiger charge is -2.24. The number of nitrogens with two attached hydrogens (primary N) is 1. The van der Waals surface area contributed by atoms with E-state index in [0.717, 1.165) is 5.56 Å². The first-order valence-electron chi connectivity index (χ1n) is 5.54. The lowest BCUT2D eigenvalue weighted by Crippen LogP contribution is -2.19. The Kier molecular flexibility index (Phi) is 6.14. The molecule has 5 heteroatoms. The number of rotatable bonds is 3. The van der Waals surface area contributed by atoms with Crippen molar-refractivity contribution in [2.75, 3.05) is 6.54 Å². The Hall–Kier alpha value is -0.770. The number of carboxylic acid groups (broad SMARTS) is 1. The summed E-state index contributed by atoms with van der Waals surface area (Å²) in [5.74, 6) is -0.948. The van der Waals surface area contributed by atoms with Crippen LogP contribution in [-0.2, 0) is 11.8 Å². The first kappa shape index (κ1) is 17.2. The van der Waals surface area contributed by atoms with Crippen LogP contribution in [0.2, 0.25) is 5.02 Å². The van der Waals surface area contributed by atoms with E-state index in [-0.39, 0.29) is 23.4 Å². The Labute approximate surface area is 119 Å². The van der Waals surface area contributed by atoms with Crippen LogP contribution in [0.25, 0.3) is 0 Å². The number of aromatic carboxylic acids is 1. The highest BCUT2D eigenvalue weighted by Gasteiger charge is 2.25. The largest absolute Gasteiger partial charge is 0.478 e. The summed E-state index contributed by atoms with van der Waals surface area (Å²) >= 11 is 6.30. The number of carbonyl (C=O) groups is 1. The number of hydrogen-bond donors (Lipinski definition) is 2. The molecule has 0 spiro atoms. The Morgan fingerprint density at radius 3 is 2.33 bits per heavy atom. The zero-order valence-electron chi connectivity index (χ0n) is 10.8. The molecule has 0 radical (unpaired) electrons. The average molecular weight is 292 g/mol. The molecule has 0 aromatic heterocycles. The zero-order valence-corrected chi connectivity index (χ0v) is 12.4. The van der Waals surface area contributed by atoms with Gasteiger partial charge in [0.25, 0.3) is 0 Å². The number of carboxylic acids is 1. The molecule has 0 atom stereocenters. The van der Waals surface area contributed by atoms with E-state index in [1.807, 2.05) is 20.8 Å². The topological polar surface area (TPSA) is 63.3 Å². The fraction of sp³-hybridized carbons (Fsp3) is 0.462. The van der Waals surface area contributed by atoms with Gasteiger partial charge in [-0.05, 0) is 35.6 Å². The van der Waals surface area contributed by atoms with E-state index in [0.29, 0.717) is 23.6 Å². The summed E-state index contributed by atoms with van der Waals surface area (Å²) in [7, 11) is 0. The highest BCUT2D eigenvalue weighted by Crippen LogP contribution is 2.35. The summed E-state index contributed by atoms with van der Waals surface area (Å²) in [6, 6.07) is 3.35. The maximum atomic E-state index is 11.2. The molecule has 0 unspecified atom stereocenters. The van der Waals surface area contributed by atoms with Crippen LogP contribution in [-0.4, -0.2) is 17.6 Å². The third-order valence-corrected chi connectivity index (χ3v) is 3.05. The molecule has 102 valence electrons. The third kappa shape index (κ3) is 3.61. The second kappa shape index (κ2) is 6.41. The van der Waals surface area contributed by atoms with Gasteiger partial charge in [-0.2, -0.15) is 0 Å². The predicted octanol–water partition coefficient (Wildman–Crippen LogP) is 3.26. The van der Waals surface area contributed by atoms with Gasteiger partial charge in [0.1, 0.15) is 0 Å². The molecule has 0 aliphatic rings. The van der Waals surface area contributed by atoms with E-state index in [1.165, 1.54) is 0 Å². The number of benzene rings is 1. The Bertz CT molecular complexity index is 439. The summed E-state index contributed by atoms with van der Waals surface area (Å²) in [4.78, 5) is 11.2. The van der Waals surface area contributed by atoms with Gasteiger partial charge < -0.3 is 10.8 Å². The van der Waals surface area contributed by atoms with Gasteiger partial charge in [0.05, 0.1) is 5.56 Å². The molecule has 0 aliphatic carbocycles. The van der Waals surface area contributed by atoms with Crippen LogP contribution in [0.4, 0.5) is 0 Å². The van der Waals surface area contributed by atoms with Gasteiger partial charge in [-0.1, -0.05) is 38.4 Å². The molecule has 1 aromatic rings. The summed E-state index contributed by atoms with van der Waals surface area (Å²) in [6.45, 7) is 6.35. The molecule has 3 N–H and O–H groups in total. The highest BCUT2D eigenvalue weighted by atomic mass is 35.5. The molecular formula is C13H19Cl2NO2. The van der Waals surface area contributed by atoms with Gasteiger partial charge in [0, 0.05) is 5.02 Å². The minimum absolute atomic E-state index is 0. The normalized spacial score (nSPS) is 10.9. The molecule has 0 amide bonds. The summed E-state index contributed by atoms with van der Waals surface area (Å²) in [5.41, 5.74) is 7.05. The van der Waals surface area contributed by atoms with Gasteiger partial charge in [-0.3, -0.25) is 0 Å². The van der Waals surface area contributed by atoms with Gasteiger partial charge >= 0.3 is 5.97 Å². The van der Waals surface area contributed by atoms with Crippen molar-refractivity contribution in [1.82, 2.24) is 0 Å². The van der Waals surface area contributed by atoms with E-state index in [4.69, 9.17) is 17.3 Å². The lowest BCUT2D eigenvalue weighted by molar-refractivity contribution is 0.0694. The molecular weight excluding hydrogens is 273 g/mol. The lowest BCUT2D eigenvalue weighted by atomic mass is 9.82. The van der Waals surface area contributed by atoms with Crippen LogP contribution in [0.15, 0.2) is 12.1 Å². The van der Waals surface area contributed by atoms with Crippen molar-refractivity contribution in [3.63, 3.8) is 0 Å². The van der Waals surface area contributed by atoms with Crippen molar-refractivity contribution in [2.45, 2.75) is 32.6 Å². The van der Waals surface area contributed by atoms with Crippen LogP contribution < -0.4 is 5.73 Å². The van der Waals surface area contributed by atoms with Gasteiger partial charge in [0.15, 0.2) is 0 Å². The fourth-order valence-corrected chi connectivity index (χ4v) is 2.42. The van der Waals surface area contributed by atoms with E-state index in [9.17, 15) is 9.90 Å². The van der Waals surface area contributed by atoms with Gasteiger partial charge in [-0.25, -0.2) is 4.79 Å². The molecule has 0 heterocycles. The first-order valence-corrected chi connectivity index (χ1v) is 5.92. The van der Waals surface area contributed by atoms with E-state index in [2.05, 4.69) is 0 Å². The molecule has 0 aliphatic heterocycles. The Morgan fingerprint density at radius 1 is 1.39 bits per heavy atom. The van der Waals surface area contributed by atoms with E-state index >= 15 is 0 Å². The molecule has 1 rings (SSSR count). The first-order chi connectivity index (χ1) is 7.79. The molecule has 3 nitrogen and oxygen atoms in total. The van der Waals surface area contributed by atoms with Gasteiger partial charge in [0.2, 0.25) is 0 Å². The quantitative estimate of drug-likeness (QED) is 0.898. The second-order valence-electron chi connectivity index (χ2n) is 5.06. The fourth-order valence-electron chi connectivity index (χ4n) is 1.88. The Morgan fingerprint density at radius 2 is 1.94 bits per heavy atom. The van der Waals surface area contributed by atoms with Crippen molar-refractivity contribution in [3.05, 3.63) is 33.8 Å². The summed E-state index contributed by atoms with van der Waals surface area (Å²) < 4.78 is 0. The minimum atomic E-state index is -0.948. The van der Waals surface area contributed by atoms with Gasteiger partial charge in [-0.15, -0.1) is 12.4 Å². The second-order valence-corrected chi connectivity index (χ2v) is 5.43. The Balaban J connectivity index is 0.00000289. The summed E-state index contributed by atoms with van der Waals surface area (Å²) in [6.07, 6.45) is 0.655. The molecule has 0 fully saturated rings.